The fourth-order valence-electron chi connectivity index (χ4n) is 8.11. The first-order valence-corrected chi connectivity index (χ1v) is 22.5. The van der Waals surface area contributed by atoms with Crippen LogP contribution in [-0.4, -0.2) is 41.9 Å². The Morgan fingerprint density at radius 3 is 1.47 bits per heavy atom. The lowest BCUT2D eigenvalue weighted by molar-refractivity contribution is -0.275. The number of phenolic OH excluding ortho intramolecular Hbond substituents is 1. The summed E-state index contributed by atoms with van der Waals surface area (Å²) in [7, 11) is 0. The van der Waals surface area contributed by atoms with Crippen molar-refractivity contribution >= 4 is 11.5 Å². The Hall–Kier alpha value is -7.28. The molecule has 1 heterocycles. The number of rotatable bonds is 22. The molecule has 0 bridgehead atoms. The van der Waals surface area contributed by atoms with E-state index >= 15 is 0 Å². The molecule has 0 saturated carbocycles. The van der Waals surface area contributed by atoms with E-state index in [0.29, 0.717) is 5.69 Å². The quantitative estimate of drug-likeness (QED) is 0.0303. The Bertz CT molecular complexity index is 2710. The molecule has 0 aromatic heterocycles. The lowest BCUT2D eigenvalue weighted by atomic mass is 9.88. The number of carbonyl (C=O) groups excluding carboxylic acids is 1. The van der Waals surface area contributed by atoms with Crippen LogP contribution in [0.4, 0.5) is 5.69 Å². The van der Waals surface area contributed by atoms with Gasteiger partial charge in [-0.05, 0) is 45.8 Å². The standard InChI is InChI=1S/C56H53N3O9/c1-39(60)50-47(63-33-41-19-9-3-10-20-41)31-48(64-34-42-21-11-4-12-22-42)51(52(50)61)54-56(67-37-45-27-29-46(30-28-45)58-59-57)55(66-36-44-25-15-6-16-26-44)53(65-35-43-23-13-5-14-24-43)49(68-54)38-62-32-40-17-7-2-8-18-40/h2-31,49,53-56,61H,32-38H2,1H3/t49?,53?,54-,55?,56-/m0/s1. The molecule has 3 unspecified atom stereocenters. The third kappa shape index (κ3) is 12.6. The molecule has 0 spiro atoms. The fraction of sp³-hybridized carbons (Fsp3) is 0.232. The van der Waals surface area contributed by atoms with E-state index in [0.717, 1.165) is 33.4 Å². The second-order valence-electron chi connectivity index (χ2n) is 16.4. The van der Waals surface area contributed by atoms with Gasteiger partial charge in [-0.25, -0.2) is 0 Å². The predicted molar refractivity (Wildman–Crippen MR) is 257 cm³/mol. The highest BCUT2D eigenvalue weighted by Crippen LogP contribution is 2.49. The van der Waals surface area contributed by atoms with Crippen LogP contribution in [0.2, 0.25) is 0 Å². The van der Waals surface area contributed by atoms with Crippen molar-refractivity contribution in [2.24, 2.45) is 5.11 Å². The summed E-state index contributed by atoms with van der Waals surface area (Å²) in [5.41, 5.74) is 15.0. The molecule has 1 N–H and O–H groups in total. The molecule has 68 heavy (non-hydrogen) atoms. The van der Waals surface area contributed by atoms with Gasteiger partial charge in [0.1, 0.15) is 66.5 Å². The van der Waals surface area contributed by atoms with Crippen molar-refractivity contribution < 1.29 is 43.1 Å². The second-order valence-corrected chi connectivity index (χ2v) is 16.4. The smallest absolute Gasteiger partial charge is 0.167 e. The van der Waals surface area contributed by atoms with Crippen molar-refractivity contribution in [3.8, 4) is 17.2 Å². The van der Waals surface area contributed by atoms with Crippen LogP contribution in [0, 0.1) is 0 Å². The van der Waals surface area contributed by atoms with Crippen LogP contribution in [-0.2, 0) is 63.3 Å². The normalized spacial score (nSPS) is 17.8. The summed E-state index contributed by atoms with van der Waals surface area (Å²) in [6, 6.07) is 57.3. The molecule has 12 nitrogen and oxygen atoms in total. The minimum absolute atomic E-state index is 0.0416. The molecule has 1 aliphatic heterocycles. The molecule has 8 rings (SSSR count). The van der Waals surface area contributed by atoms with Crippen molar-refractivity contribution in [1.29, 1.82) is 0 Å². The Balaban J connectivity index is 1.26. The van der Waals surface area contributed by atoms with Crippen molar-refractivity contribution in [1.82, 2.24) is 0 Å². The van der Waals surface area contributed by atoms with Gasteiger partial charge in [-0.1, -0.05) is 181 Å². The van der Waals surface area contributed by atoms with Crippen molar-refractivity contribution in [2.75, 3.05) is 6.61 Å². The number of ketones is 1. The summed E-state index contributed by atoms with van der Waals surface area (Å²) in [5, 5.41) is 16.4. The monoisotopic (exact) mass is 911 g/mol. The lowest BCUT2D eigenvalue weighted by Gasteiger charge is -2.46. The van der Waals surface area contributed by atoms with Crippen LogP contribution in [0.3, 0.4) is 0 Å². The van der Waals surface area contributed by atoms with Crippen LogP contribution in [0.25, 0.3) is 10.4 Å². The average Bonchev–Trinajstić information content (AvgIpc) is 3.37. The van der Waals surface area contributed by atoms with Crippen LogP contribution < -0.4 is 9.47 Å². The highest BCUT2D eigenvalue weighted by atomic mass is 16.6. The highest BCUT2D eigenvalue weighted by Gasteiger charge is 2.51. The summed E-state index contributed by atoms with van der Waals surface area (Å²) in [4.78, 5) is 16.7. The number of aromatic hydroxyl groups is 1. The Morgan fingerprint density at radius 2 is 0.985 bits per heavy atom. The van der Waals surface area contributed by atoms with Crippen molar-refractivity contribution in [2.45, 2.75) is 77.1 Å². The van der Waals surface area contributed by atoms with Gasteiger partial charge in [-0.15, -0.1) is 0 Å². The Labute approximate surface area is 396 Å². The van der Waals surface area contributed by atoms with Crippen LogP contribution >= 0.6 is 0 Å². The summed E-state index contributed by atoms with van der Waals surface area (Å²) in [6.07, 6.45) is -4.64. The summed E-state index contributed by atoms with van der Waals surface area (Å²) in [5.74, 6) is -0.453. The Kier molecular flexibility index (Phi) is 16.6. The molecule has 346 valence electrons. The Morgan fingerprint density at radius 1 is 0.559 bits per heavy atom. The number of azide groups is 1. The molecule has 1 saturated heterocycles. The number of Topliss-reactive ketones (excluding diaryl/α,β-unsaturated/α-hetero) is 1. The predicted octanol–water partition coefficient (Wildman–Crippen LogP) is 12.1. The summed E-state index contributed by atoms with van der Waals surface area (Å²) in [6.45, 7) is 2.40. The van der Waals surface area contributed by atoms with Gasteiger partial charge in [-0.3, -0.25) is 4.79 Å². The van der Waals surface area contributed by atoms with E-state index in [1.807, 2.05) is 164 Å². The number of benzene rings is 7. The van der Waals surface area contributed by atoms with Gasteiger partial charge in [0.25, 0.3) is 0 Å². The van der Waals surface area contributed by atoms with Crippen LogP contribution in [0.15, 0.2) is 187 Å². The number of hydrogen-bond acceptors (Lipinski definition) is 10. The second kappa shape index (κ2) is 24.0. The number of nitrogens with zero attached hydrogens (tertiary/aromatic N) is 3. The van der Waals surface area contributed by atoms with Gasteiger partial charge in [0.15, 0.2) is 5.78 Å². The van der Waals surface area contributed by atoms with Crippen molar-refractivity contribution in [3.05, 3.63) is 237 Å². The van der Waals surface area contributed by atoms with E-state index in [1.165, 1.54) is 6.92 Å². The number of phenols is 1. The molecule has 7 aromatic carbocycles. The number of carbonyl (C=O) groups is 1. The first-order valence-electron chi connectivity index (χ1n) is 22.5. The van der Waals surface area contributed by atoms with E-state index < -0.39 is 36.3 Å². The minimum atomic E-state index is -1.15. The van der Waals surface area contributed by atoms with E-state index in [9.17, 15) is 9.90 Å². The molecule has 0 aliphatic carbocycles. The van der Waals surface area contributed by atoms with E-state index in [4.69, 9.17) is 38.7 Å². The van der Waals surface area contributed by atoms with Crippen molar-refractivity contribution in [3.63, 3.8) is 0 Å². The third-order valence-electron chi connectivity index (χ3n) is 11.5. The first kappa shape index (κ1) is 47.2. The van der Waals surface area contributed by atoms with Gasteiger partial charge in [0.05, 0.1) is 38.6 Å². The maximum absolute atomic E-state index is 13.8. The van der Waals surface area contributed by atoms with Gasteiger partial charge >= 0.3 is 0 Å². The summed E-state index contributed by atoms with van der Waals surface area (Å²) < 4.78 is 47.6. The molecule has 1 fully saturated rings. The molecule has 12 heteroatoms. The molecule has 1 aliphatic rings. The van der Waals surface area contributed by atoms with E-state index in [1.54, 1.807) is 18.2 Å². The van der Waals surface area contributed by atoms with Gasteiger partial charge in [0, 0.05) is 16.7 Å². The lowest BCUT2D eigenvalue weighted by Crippen LogP contribution is -2.58. The molecule has 0 amide bonds. The largest absolute Gasteiger partial charge is 0.507 e. The van der Waals surface area contributed by atoms with E-state index in [-0.39, 0.29) is 74.6 Å². The summed E-state index contributed by atoms with van der Waals surface area (Å²) >= 11 is 0. The van der Waals surface area contributed by atoms with Gasteiger partial charge < -0.3 is 38.3 Å². The molecular formula is C56H53N3O9. The van der Waals surface area contributed by atoms with Crippen LogP contribution in [0.1, 0.15) is 62.3 Å². The zero-order chi connectivity index (χ0) is 46.9. The maximum atomic E-state index is 13.8. The third-order valence-corrected chi connectivity index (χ3v) is 11.5. The van der Waals surface area contributed by atoms with Gasteiger partial charge in [-0.2, -0.15) is 0 Å². The first-order chi connectivity index (χ1) is 33.4. The zero-order valence-corrected chi connectivity index (χ0v) is 37.7. The number of ether oxygens (including phenoxy) is 7. The molecular weight excluding hydrogens is 859 g/mol. The minimum Gasteiger partial charge on any atom is -0.507 e. The highest BCUT2D eigenvalue weighted by molar-refractivity contribution is 6.00. The maximum Gasteiger partial charge on any atom is 0.167 e. The fourth-order valence-corrected chi connectivity index (χ4v) is 8.11. The van der Waals surface area contributed by atoms with Crippen LogP contribution in [0.5, 0.6) is 17.2 Å². The number of hydrogen-bond donors (Lipinski definition) is 1. The van der Waals surface area contributed by atoms with E-state index in [2.05, 4.69) is 10.0 Å². The zero-order valence-electron chi connectivity index (χ0n) is 37.7. The topological polar surface area (TPSA) is 151 Å². The SMILES string of the molecule is CC(=O)c1c(OCc2ccccc2)cc(OCc2ccccc2)c([C@@H]2OC(COCc3ccccc3)C(OCc3ccccc3)C(OCc3ccccc3)[C@H]2OCc2ccc(N=[N+]=[N-])cc2)c1O. The molecule has 5 atom stereocenters. The molecule has 7 aromatic rings. The molecule has 0 radical (unpaired) electrons. The van der Waals surface area contributed by atoms with Gasteiger partial charge in [0.2, 0.25) is 0 Å². The average molecular weight is 912 g/mol.